The van der Waals surface area contributed by atoms with Crippen molar-refractivity contribution < 1.29 is 16.8 Å². The Hall–Kier alpha value is 0.180. The van der Waals surface area contributed by atoms with E-state index in [1.807, 2.05) is 26.0 Å². The fraction of sp³-hybridized carbons (Fsp3) is 1.00. The van der Waals surface area contributed by atoms with E-state index in [-0.39, 0.29) is 13.2 Å². The van der Waals surface area contributed by atoms with Crippen molar-refractivity contribution in [3.8, 4) is 0 Å². The van der Waals surface area contributed by atoms with Crippen LogP contribution >= 0.6 is 0 Å². The van der Waals surface area contributed by atoms with Crippen LogP contribution in [0.4, 0.5) is 0 Å². The Morgan fingerprint density at radius 3 is 1.42 bits per heavy atom. The van der Waals surface area contributed by atoms with Gasteiger partial charge in [0, 0.05) is 0 Å². The van der Waals surface area contributed by atoms with E-state index in [2.05, 4.69) is 8.37 Å². The largest absolute Gasteiger partial charge is 0.312 e. The van der Waals surface area contributed by atoms with Crippen LogP contribution in [0.25, 0.3) is 0 Å². The highest BCUT2D eigenvalue weighted by Crippen LogP contribution is 2.01. The maximum atomic E-state index is 10.3. The second kappa shape index (κ2) is 6.67. The lowest BCUT2D eigenvalue weighted by atomic mass is 10.8. The van der Waals surface area contributed by atoms with E-state index in [1.165, 1.54) is 0 Å². The molecule has 0 aliphatic carbocycles. The van der Waals surface area contributed by atoms with E-state index in [9.17, 15) is 8.42 Å². The Kier molecular flexibility index (Phi) is 6.77. The average molecular weight is 215 g/mol. The van der Waals surface area contributed by atoms with Crippen LogP contribution in [0.1, 0.15) is 0 Å². The van der Waals surface area contributed by atoms with Gasteiger partial charge in [-0.3, -0.25) is 8.37 Å². The first-order valence-corrected chi connectivity index (χ1v) is 5.92. The van der Waals surface area contributed by atoms with Crippen molar-refractivity contribution in [2.24, 2.45) is 0 Å². The predicted molar refractivity (Wildman–Crippen MR) is 47.8 cm³/mol. The van der Waals surface area contributed by atoms with E-state index in [4.69, 9.17) is 0 Å². The molecule has 0 radical (unpaired) electrons. The van der Waals surface area contributed by atoms with Crippen molar-refractivity contribution in [1.29, 1.82) is 0 Å². The Balaban J connectivity index is 0.000000261. The second-order valence-corrected chi connectivity index (χ2v) is 5.31. The number of hydrogen-bond donors (Lipinski definition) is 0. The van der Waals surface area contributed by atoms with E-state index >= 15 is 0 Å². The van der Waals surface area contributed by atoms with Crippen molar-refractivity contribution in [3.63, 3.8) is 0 Å². The summed E-state index contributed by atoms with van der Waals surface area (Å²) in [7, 11) is 2.53. The SMILES string of the molecule is CN(C)C.O=S1OCCOS1=O. The van der Waals surface area contributed by atoms with Gasteiger partial charge in [0.2, 0.25) is 0 Å². The summed E-state index contributed by atoms with van der Waals surface area (Å²) in [5.41, 5.74) is 0. The molecule has 7 heteroatoms. The van der Waals surface area contributed by atoms with Crippen LogP contribution in [0, 0.1) is 0 Å². The van der Waals surface area contributed by atoms with Gasteiger partial charge >= 0.3 is 0 Å². The lowest BCUT2D eigenvalue weighted by Gasteiger charge is -2.07. The van der Waals surface area contributed by atoms with E-state index in [0.29, 0.717) is 0 Å². The van der Waals surface area contributed by atoms with Crippen molar-refractivity contribution in [3.05, 3.63) is 0 Å². The van der Waals surface area contributed by atoms with E-state index in [1.54, 1.807) is 0 Å². The smallest absolute Gasteiger partial charge is 0.277 e. The van der Waals surface area contributed by atoms with Gasteiger partial charge in [-0.15, -0.1) is 0 Å². The molecular formula is C5H13NO4S2. The molecule has 0 N–H and O–H groups in total. The zero-order valence-electron chi connectivity index (χ0n) is 7.31. The number of rotatable bonds is 0. The van der Waals surface area contributed by atoms with E-state index < -0.39 is 20.2 Å². The average Bonchev–Trinajstić information content (AvgIpc) is 1.94. The van der Waals surface area contributed by atoms with Gasteiger partial charge in [-0.1, -0.05) is 0 Å². The minimum Gasteiger partial charge on any atom is -0.312 e. The number of hydrogen-bond acceptors (Lipinski definition) is 5. The predicted octanol–water partition coefficient (Wildman–Crippen LogP) is -0.547. The fourth-order valence-electron chi connectivity index (χ4n) is 0.283. The van der Waals surface area contributed by atoms with Crippen molar-refractivity contribution >= 4 is 20.2 Å². The summed E-state index contributed by atoms with van der Waals surface area (Å²) >= 11 is 0. The molecule has 74 valence electrons. The Morgan fingerprint density at radius 1 is 1.00 bits per heavy atom. The fourth-order valence-corrected chi connectivity index (χ4v) is 1.73. The zero-order chi connectivity index (χ0) is 9.56. The molecule has 0 aromatic heterocycles. The summed E-state index contributed by atoms with van der Waals surface area (Å²) in [4.78, 5) is 2.00. The van der Waals surface area contributed by atoms with Crippen molar-refractivity contribution in [2.45, 2.75) is 0 Å². The van der Waals surface area contributed by atoms with Gasteiger partial charge in [0.25, 0.3) is 20.2 Å². The molecule has 1 aliphatic rings. The molecule has 12 heavy (non-hydrogen) atoms. The maximum absolute atomic E-state index is 10.3. The van der Waals surface area contributed by atoms with Gasteiger partial charge in [0.05, 0.1) is 13.2 Å². The van der Waals surface area contributed by atoms with Gasteiger partial charge in [-0.25, -0.2) is 8.42 Å². The van der Waals surface area contributed by atoms with Crippen LogP contribution in [0.15, 0.2) is 0 Å². The van der Waals surface area contributed by atoms with Gasteiger partial charge in [0.1, 0.15) is 0 Å². The van der Waals surface area contributed by atoms with Crippen LogP contribution in [0.2, 0.25) is 0 Å². The van der Waals surface area contributed by atoms with Gasteiger partial charge in [-0.05, 0) is 21.1 Å². The van der Waals surface area contributed by atoms with Crippen molar-refractivity contribution in [2.75, 3.05) is 34.4 Å². The van der Waals surface area contributed by atoms with Crippen LogP contribution in [-0.4, -0.2) is 47.7 Å². The normalized spacial score (nSPS) is 29.3. The van der Waals surface area contributed by atoms with Gasteiger partial charge in [-0.2, -0.15) is 0 Å². The first kappa shape index (κ1) is 12.2. The molecule has 1 saturated heterocycles. The highest BCUT2D eigenvalue weighted by molar-refractivity contribution is 8.57. The molecule has 2 unspecified atom stereocenters. The topological polar surface area (TPSA) is 55.8 Å². The Bertz CT molecular complexity index is 154. The molecule has 1 heterocycles. The lowest BCUT2D eigenvalue weighted by molar-refractivity contribution is 0.235. The molecule has 0 aromatic carbocycles. The summed E-state index contributed by atoms with van der Waals surface area (Å²) in [6.45, 7) is 0.525. The van der Waals surface area contributed by atoms with Crippen LogP contribution in [0.5, 0.6) is 0 Å². The second-order valence-electron chi connectivity index (χ2n) is 2.39. The van der Waals surface area contributed by atoms with Gasteiger partial charge < -0.3 is 4.90 Å². The molecular weight excluding hydrogens is 202 g/mol. The quantitative estimate of drug-likeness (QED) is 0.508. The summed E-state index contributed by atoms with van der Waals surface area (Å²) in [5.74, 6) is 0. The highest BCUT2D eigenvalue weighted by Gasteiger charge is 2.16. The van der Waals surface area contributed by atoms with Crippen molar-refractivity contribution in [1.82, 2.24) is 4.90 Å². The minimum atomic E-state index is -1.73. The lowest BCUT2D eigenvalue weighted by Crippen LogP contribution is -2.18. The van der Waals surface area contributed by atoms with Crippen LogP contribution < -0.4 is 0 Å². The molecule has 0 bridgehead atoms. The minimum absolute atomic E-state index is 0.262. The maximum Gasteiger partial charge on any atom is 0.277 e. The third-order valence-corrected chi connectivity index (χ3v) is 2.74. The first-order valence-electron chi connectivity index (χ1n) is 3.25. The molecule has 5 nitrogen and oxygen atoms in total. The molecule has 0 saturated carbocycles. The molecule has 0 spiro atoms. The summed E-state index contributed by atoms with van der Waals surface area (Å²) in [5, 5.41) is 0. The first-order chi connectivity index (χ1) is 5.54. The Morgan fingerprint density at radius 2 is 1.25 bits per heavy atom. The molecule has 1 fully saturated rings. The zero-order valence-corrected chi connectivity index (χ0v) is 8.94. The Labute approximate surface area is 76.8 Å². The number of nitrogens with zero attached hydrogens (tertiary/aromatic N) is 1. The van der Waals surface area contributed by atoms with Gasteiger partial charge in [0.15, 0.2) is 0 Å². The van der Waals surface area contributed by atoms with E-state index in [0.717, 1.165) is 0 Å². The molecule has 1 aliphatic heterocycles. The standard InChI is InChI=1S/C3H9N.C2H4O4S2/c1-4(2)3;3-7-5-1-2-6-8(7)4/h1-3H3;1-2H2. The van der Waals surface area contributed by atoms with Crippen LogP contribution in [-0.2, 0) is 28.6 Å². The molecule has 1 rings (SSSR count). The summed E-state index contributed by atoms with van der Waals surface area (Å²) in [6.07, 6.45) is 0. The monoisotopic (exact) mass is 215 g/mol. The molecule has 0 amide bonds. The third kappa shape index (κ3) is 6.86. The third-order valence-electron chi connectivity index (χ3n) is 0.554. The summed E-state index contributed by atoms with van der Waals surface area (Å²) < 4.78 is 29.4. The molecule has 0 aromatic rings. The van der Waals surface area contributed by atoms with Crippen LogP contribution in [0.3, 0.4) is 0 Å². The molecule has 2 atom stereocenters. The highest BCUT2D eigenvalue weighted by atomic mass is 33.2. The summed E-state index contributed by atoms with van der Waals surface area (Å²) in [6, 6.07) is 0.